The lowest BCUT2D eigenvalue weighted by atomic mass is 10.4. The summed E-state index contributed by atoms with van der Waals surface area (Å²) in [4.78, 5) is 3.62. The van der Waals surface area contributed by atoms with Gasteiger partial charge in [0, 0.05) is 12.4 Å². The largest absolute Gasteiger partial charge is 0.367 e. The minimum absolute atomic E-state index is 0.219. The zero-order valence-electron chi connectivity index (χ0n) is 7.38. The van der Waals surface area contributed by atoms with E-state index in [1.54, 1.807) is 0 Å². The van der Waals surface area contributed by atoms with Gasteiger partial charge < -0.3 is 0 Å². The van der Waals surface area contributed by atoms with Crippen LogP contribution in [-0.4, -0.2) is 24.0 Å². The molecule has 1 heterocycles. The van der Waals surface area contributed by atoms with Crippen LogP contribution in [0.2, 0.25) is 0 Å². The summed E-state index contributed by atoms with van der Waals surface area (Å²) in [6, 6.07) is 0. The fourth-order valence-corrected chi connectivity index (χ4v) is 1.57. The maximum absolute atomic E-state index is 11.3. The summed E-state index contributed by atoms with van der Waals surface area (Å²) in [6.45, 7) is 2.18. The van der Waals surface area contributed by atoms with E-state index < -0.39 is 10.3 Å². The molecule has 6 heteroatoms. The second-order valence-electron chi connectivity index (χ2n) is 2.53. The van der Waals surface area contributed by atoms with E-state index in [1.807, 2.05) is 6.92 Å². The molecule has 0 fully saturated rings. The quantitative estimate of drug-likeness (QED) is 0.665. The van der Waals surface area contributed by atoms with Crippen molar-refractivity contribution < 1.29 is 12.6 Å². The molecule has 1 rings (SSSR count). The van der Waals surface area contributed by atoms with Gasteiger partial charge in [0.1, 0.15) is 6.33 Å². The Kier molecular flexibility index (Phi) is 3.44. The minimum Gasteiger partial charge on any atom is -0.253 e. The van der Waals surface area contributed by atoms with Gasteiger partial charge >= 0.3 is 10.3 Å². The van der Waals surface area contributed by atoms with Gasteiger partial charge in [0.15, 0.2) is 0 Å². The van der Waals surface area contributed by atoms with E-state index in [0.717, 1.165) is 16.8 Å². The first kappa shape index (κ1) is 10.2. The zero-order chi connectivity index (χ0) is 9.73. The van der Waals surface area contributed by atoms with E-state index in [0.29, 0.717) is 0 Å². The number of rotatable bonds is 5. The molecule has 13 heavy (non-hydrogen) atoms. The normalized spacial score (nSPS) is 11.8. The number of imidazole rings is 1. The van der Waals surface area contributed by atoms with E-state index in [1.165, 1.54) is 18.7 Å². The van der Waals surface area contributed by atoms with Gasteiger partial charge in [-0.3, -0.25) is 4.18 Å². The van der Waals surface area contributed by atoms with Crippen molar-refractivity contribution in [1.82, 2.24) is 8.96 Å². The molecule has 0 unspecified atom stereocenters. The molecule has 0 aromatic carbocycles. The van der Waals surface area contributed by atoms with Crippen LogP contribution in [0.1, 0.15) is 19.8 Å². The monoisotopic (exact) mass is 204 g/mol. The Labute approximate surface area is 77.6 Å². The van der Waals surface area contributed by atoms with Crippen LogP contribution in [0.5, 0.6) is 0 Å². The average molecular weight is 204 g/mol. The Bertz CT molecular complexity index is 331. The maximum atomic E-state index is 11.3. The van der Waals surface area contributed by atoms with Crippen LogP contribution in [0.4, 0.5) is 0 Å². The van der Waals surface area contributed by atoms with Crippen molar-refractivity contribution in [2.45, 2.75) is 19.8 Å². The predicted octanol–water partition coefficient (Wildman–Crippen LogP) is 0.793. The first-order valence-corrected chi connectivity index (χ1v) is 5.41. The van der Waals surface area contributed by atoms with E-state index in [9.17, 15) is 8.42 Å². The van der Waals surface area contributed by atoms with Crippen molar-refractivity contribution in [2.24, 2.45) is 0 Å². The van der Waals surface area contributed by atoms with E-state index in [4.69, 9.17) is 4.18 Å². The third-order valence-corrected chi connectivity index (χ3v) is 2.67. The Morgan fingerprint density at radius 1 is 1.54 bits per heavy atom. The van der Waals surface area contributed by atoms with Gasteiger partial charge in [-0.25, -0.2) is 8.96 Å². The SMILES string of the molecule is CCCCOS(=O)(=O)n1ccnc1. The van der Waals surface area contributed by atoms with Gasteiger partial charge in [-0.05, 0) is 6.42 Å². The maximum Gasteiger partial charge on any atom is 0.367 e. The summed E-state index contributed by atoms with van der Waals surface area (Å²) in [5.41, 5.74) is 0. The van der Waals surface area contributed by atoms with Gasteiger partial charge in [-0.1, -0.05) is 13.3 Å². The van der Waals surface area contributed by atoms with Crippen LogP contribution < -0.4 is 0 Å². The number of hydrogen-bond acceptors (Lipinski definition) is 4. The molecule has 5 nitrogen and oxygen atoms in total. The van der Waals surface area contributed by atoms with E-state index >= 15 is 0 Å². The number of aromatic nitrogens is 2. The number of nitrogens with zero attached hydrogens (tertiary/aromatic N) is 2. The first-order valence-electron chi connectivity index (χ1n) is 4.04. The van der Waals surface area contributed by atoms with Gasteiger partial charge in [-0.15, -0.1) is 0 Å². The molecule has 0 aliphatic heterocycles. The molecule has 0 radical (unpaired) electrons. The molecule has 0 bridgehead atoms. The highest BCUT2D eigenvalue weighted by Crippen LogP contribution is 2.00. The Morgan fingerprint density at radius 2 is 2.31 bits per heavy atom. The van der Waals surface area contributed by atoms with Crippen molar-refractivity contribution >= 4 is 10.3 Å². The Morgan fingerprint density at radius 3 is 2.85 bits per heavy atom. The van der Waals surface area contributed by atoms with E-state index in [2.05, 4.69) is 4.98 Å². The van der Waals surface area contributed by atoms with E-state index in [-0.39, 0.29) is 6.61 Å². The van der Waals surface area contributed by atoms with Crippen molar-refractivity contribution in [2.75, 3.05) is 6.61 Å². The van der Waals surface area contributed by atoms with Gasteiger partial charge in [0.25, 0.3) is 0 Å². The van der Waals surface area contributed by atoms with Gasteiger partial charge in [0.2, 0.25) is 0 Å². The fraction of sp³-hybridized carbons (Fsp3) is 0.571. The van der Waals surface area contributed by atoms with Crippen LogP contribution in [-0.2, 0) is 14.5 Å². The molecule has 0 saturated heterocycles. The first-order chi connectivity index (χ1) is 6.17. The second-order valence-corrected chi connectivity index (χ2v) is 4.04. The van der Waals surface area contributed by atoms with Crippen LogP contribution in [0, 0.1) is 0 Å². The lowest BCUT2D eigenvalue weighted by Gasteiger charge is -2.03. The molecule has 0 aliphatic carbocycles. The molecule has 0 N–H and O–H groups in total. The smallest absolute Gasteiger partial charge is 0.253 e. The average Bonchev–Trinajstić information content (AvgIpc) is 2.56. The highest BCUT2D eigenvalue weighted by atomic mass is 32.2. The number of unbranched alkanes of at least 4 members (excludes halogenated alkanes) is 1. The molecule has 1 aromatic rings. The van der Waals surface area contributed by atoms with Gasteiger partial charge in [-0.2, -0.15) is 8.42 Å². The molecule has 0 amide bonds. The van der Waals surface area contributed by atoms with Gasteiger partial charge in [0.05, 0.1) is 6.61 Å². The standard InChI is InChI=1S/C7H12N2O3S/c1-2-3-6-12-13(10,11)9-5-4-8-7-9/h4-5,7H,2-3,6H2,1H3. The lowest BCUT2D eigenvalue weighted by molar-refractivity contribution is 0.305. The summed E-state index contributed by atoms with van der Waals surface area (Å²) in [7, 11) is -3.64. The Balaban J connectivity index is 2.58. The molecule has 74 valence electrons. The molecule has 1 aromatic heterocycles. The Hall–Kier alpha value is -0.880. The molecular weight excluding hydrogens is 192 g/mol. The highest BCUT2D eigenvalue weighted by Gasteiger charge is 2.11. The van der Waals surface area contributed by atoms with Crippen molar-refractivity contribution in [3.63, 3.8) is 0 Å². The highest BCUT2D eigenvalue weighted by molar-refractivity contribution is 7.85. The summed E-state index contributed by atoms with van der Waals surface area (Å²) >= 11 is 0. The molecule has 0 atom stereocenters. The summed E-state index contributed by atoms with van der Waals surface area (Å²) in [5, 5.41) is 0. The third-order valence-electron chi connectivity index (χ3n) is 1.47. The van der Waals surface area contributed by atoms with Crippen molar-refractivity contribution in [3.05, 3.63) is 18.7 Å². The zero-order valence-corrected chi connectivity index (χ0v) is 8.20. The fourth-order valence-electron chi connectivity index (χ4n) is 0.749. The second kappa shape index (κ2) is 4.38. The molecular formula is C7H12N2O3S. The summed E-state index contributed by atoms with van der Waals surface area (Å²) in [5.74, 6) is 0. The molecule has 0 aliphatic rings. The predicted molar refractivity (Wildman–Crippen MR) is 47.4 cm³/mol. The molecule has 0 spiro atoms. The van der Waals surface area contributed by atoms with Crippen LogP contribution in [0.25, 0.3) is 0 Å². The van der Waals surface area contributed by atoms with Crippen LogP contribution in [0.3, 0.4) is 0 Å². The third kappa shape index (κ3) is 2.82. The van der Waals surface area contributed by atoms with Crippen molar-refractivity contribution in [1.29, 1.82) is 0 Å². The molecule has 0 saturated carbocycles. The summed E-state index contributed by atoms with van der Waals surface area (Å²) < 4.78 is 28.2. The lowest BCUT2D eigenvalue weighted by Crippen LogP contribution is -2.14. The summed E-state index contributed by atoms with van der Waals surface area (Å²) in [6.07, 6.45) is 5.55. The van der Waals surface area contributed by atoms with Crippen LogP contribution >= 0.6 is 0 Å². The van der Waals surface area contributed by atoms with Crippen molar-refractivity contribution in [3.8, 4) is 0 Å². The minimum atomic E-state index is -3.64. The number of hydrogen-bond donors (Lipinski definition) is 0. The topological polar surface area (TPSA) is 61.2 Å². The van der Waals surface area contributed by atoms with Crippen LogP contribution in [0.15, 0.2) is 18.7 Å².